The number of sulfonamides is 1. The highest BCUT2D eigenvalue weighted by Crippen LogP contribution is 2.26. The van der Waals surface area contributed by atoms with E-state index < -0.39 is 10.0 Å². The first-order valence-corrected chi connectivity index (χ1v) is 11.4. The van der Waals surface area contributed by atoms with Gasteiger partial charge < -0.3 is 0 Å². The number of nitrogens with one attached hydrogen (secondary N) is 1. The summed E-state index contributed by atoms with van der Waals surface area (Å²) in [6.45, 7) is 1.86. The maximum Gasteiger partial charge on any atom is 0.257 e. The molecule has 12 heteroatoms. The second-order valence-electron chi connectivity index (χ2n) is 6.65. The molecule has 0 radical (unpaired) electrons. The summed E-state index contributed by atoms with van der Waals surface area (Å²) in [5.41, 5.74) is 2.92. The van der Waals surface area contributed by atoms with E-state index in [1.165, 1.54) is 34.5 Å². The lowest BCUT2D eigenvalue weighted by Crippen LogP contribution is -2.11. The number of rotatable bonds is 6. The minimum Gasteiger partial charge on any atom is -0.298 e. The zero-order valence-electron chi connectivity index (χ0n) is 16.3. The summed E-state index contributed by atoms with van der Waals surface area (Å²) in [5.74, 6) is -0.277. The summed E-state index contributed by atoms with van der Waals surface area (Å²) >= 11 is 1.37. The Bertz CT molecular complexity index is 1310. The molecule has 4 aromatic rings. The summed E-state index contributed by atoms with van der Waals surface area (Å²) in [6.07, 6.45) is 2.03. The molecule has 2 aromatic carbocycles. The van der Waals surface area contributed by atoms with Gasteiger partial charge >= 0.3 is 0 Å². The van der Waals surface area contributed by atoms with E-state index in [0.29, 0.717) is 17.1 Å². The van der Waals surface area contributed by atoms with E-state index in [1.54, 1.807) is 36.4 Å². The third kappa shape index (κ3) is 4.82. The molecule has 4 rings (SSSR count). The molecule has 31 heavy (non-hydrogen) atoms. The molecule has 0 saturated heterocycles. The standard InChI is InChI=1S/C19H17N7O3S2/c1-12-17(10-13-2-8-16(9-3-13)31(20,28)29)30-19(22-12)23-18(27)14-4-6-15(7-5-14)26-11-21-24-25-26/h2-9,11H,10H2,1H3,(H2,20,28,29)(H,22,23,27). The van der Waals surface area contributed by atoms with E-state index in [2.05, 4.69) is 25.8 Å². The van der Waals surface area contributed by atoms with Crippen LogP contribution in [0.3, 0.4) is 0 Å². The fourth-order valence-corrected chi connectivity index (χ4v) is 4.35. The number of aromatic nitrogens is 5. The summed E-state index contributed by atoms with van der Waals surface area (Å²) in [5, 5.41) is 19.4. The van der Waals surface area contributed by atoms with Crippen molar-refractivity contribution in [2.45, 2.75) is 18.2 Å². The van der Waals surface area contributed by atoms with Gasteiger partial charge in [-0.3, -0.25) is 10.1 Å². The molecule has 10 nitrogen and oxygen atoms in total. The van der Waals surface area contributed by atoms with Gasteiger partial charge in [-0.1, -0.05) is 12.1 Å². The number of primary sulfonamides is 1. The highest BCUT2D eigenvalue weighted by molar-refractivity contribution is 7.89. The average molecular weight is 456 g/mol. The highest BCUT2D eigenvalue weighted by Gasteiger charge is 2.14. The number of anilines is 1. The number of thiazole rings is 1. The molecule has 0 saturated carbocycles. The van der Waals surface area contributed by atoms with Crippen LogP contribution in [0.2, 0.25) is 0 Å². The van der Waals surface area contributed by atoms with Gasteiger partial charge in [0.1, 0.15) is 6.33 Å². The van der Waals surface area contributed by atoms with Crippen LogP contribution in [0.1, 0.15) is 26.5 Å². The zero-order chi connectivity index (χ0) is 22.0. The predicted molar refractivity (Wildman–Crippen MR) is 115 cm³/mol. The van der Waals surface area contributed by atoms with Gasteiger partial charge in [-0.2, -0.15) is 0 Å². The van der Waals surface area contributed by atoms with Crippen LogP contribution < -0.4 is 10.5 Å². The van der Waals surface area contributed by atoms with Crippen molar-refractivity contribution in [3.63, 3.8) is 0 Å². The Balaban J connectivity index is 1.44. The van der Waals surface area contributed by atoms with E-state index in [-0.39, 0.29) is 10.8 Å². The smallest absolute Gasteiger partial charge is 0.257 e. The molecule has 0 fully saturated rings. The number of nitrogens with zero attached hydrogens (tertiary/aromatic N) is 5. The van der Waals surface area contributed by atoms with Crippen LogP contribution in [0.5, 0.6) is 0 Å². The summed E-state index contributed by atoms with van der Waals surface area (Å²) in [7, 11) is -3.72. The monoisotopic (exact) mass is 455 g/mol. The lowest BCUT2D eigenvalue weighted by molar-refractivity contribution is 0.102. The minimum absolute atomic E-state index is 0.0660. The van der Waals surface area contributed by atoms with E-state index in [9.17, 15) is 13.2 Å². The summed E-state index contributed by atoms with van der Waals surface area (Å²) in [4.78, 5) is 18.0. The van der Waals surface area contributed by atoms with Crippen LogP contribution in [0.15, 0.2) is 59.8 Å². The van der Waals surface area contributed by atoms with Gasteiger partial charge in [-0.15, -0.1) is 16.4 Å². The topological polar surface area (TPSA) is 146 Å². The van der Waals surface area contributed by atoms with E-state index in [4.69, 9.17) is 5.14 Å². The lowest BCUT2D eigenvalue weighted by atomic mass is 10.1. The third-order valence-corrected chi connectivity index (χ3v) is 6.47. The Hall–Kier alpha value is -3.48. The normalized spacial score (nSPS) is 11.4. The van der Waals surface area contributed by atoms with Crippen molar-refractivity contribution < 1.29 is 13.2 Å². The molecule has 0 aliphatic heterocycles. The Morgan fingerprint density at radius 1 is 1.13 bits per heavy atom. The number of hydrogen-bond acceptors (Lipinski definition) is 8. The Labute approximate surface area is 181 Å². The molecule has 3 N–H and O–H groups in total. The molecule has 0 aliphatic rings. The van der Waals surface area contributed by atoms with Crippen molar-refractivity contribution in [1.29, 1.82) is 0 Å². The van der Waals surface area contributed by atoms with Crippen LogP contribution in [-0.4, -0.2) is 39.5 Å². The molecule has 2 heterocycles. The van der Waals surface area contributed by atoms with E-state index in [1.807, 2.05) is 6.92 Å². The van der Waals surface area contributed by atoms with E-state index >= 15 is 0 Å². The Morgan fingerprint density at radius 2 is 1.84 bits per heavy atom. The molecule has 0 aliphatic carbocycles. The number of nitrogens with two attached hydrogens (primary N) is 1. The number of tetrazole rings is 1. The number of amides is 1. The van der Waals surface area contributed by atoms with Crippen molar-refractivity contribution in [3.8, 4) is 5.69 Å². The Morgan fingerprint density at radius 3 is 2.45 bits per heavy atom. The number of carbonyl (C=O) groups is 1. The minimum atomic E-state index is -3.72. The van der Waals surface area contributed by atoms with Crippen molar-refractivity contribution in [3.05, 3.63) is 76.6 Å². The molecule has 0 spiro atoms. The molecule has 158 valence electrons. The molecule has 0 unspecified atom stereocenters. The number of benzene rings is 2. The maximum atomic E-state index is 12.6. The summed E-state index contributed by atoms with van der Waals surface area (Å²) < 4.78 is 24.2. The van der Waals surface area contributed by atoms with Crippen LogP contribution in [0.25, 0.3) is 5.69 Å². The van der Waals surface area contributed by atoms with Gasteiger partial charge in [-0.25, -0.2) is 23.2 Å². The molecule has 0 atom stereocenters. The van der Waals surface area contributed by atoms with Crippen molar-refractivity contribution in [2.75, 3.05) is 5.32 Å². The van der Waals surface area contributed by atoms with Gasteiger partial charge in [0, 0.05) is 16.9 Å². The SMILES string of the molecule is Cc1nc(NC(=O)c2ccc(-n3cnnn3)cc2)sc1Cc1ccc(S(N)(=O)=O)cc1. The average Bonchev–Trinajstić information content (AvgIpc) is 3.38. The van der Waals surface area contributed by atoms with Crippen molar-refractivity contribution in [1.82, 2.24) is 25.2 Å². The van der Waals surface area contributed by atoms with Crippen molar-refractivity contribution in [2.24, 2.45) is 5.14 Å². The van der Waals surface area contributed by atoms with Gasteiger partial charge in [0.2, 0.25) is 10.0 Å². The van der Waals surface area contributed by atoms with Gasteiger partial charge in [0.05, 0.1) is 16.3 Å². The predicted octanol–water partition coefficient (Wildman–Crippen LogP) is 1.92. The molecule has 1 amide bonds. The third-order valence-electron chi connectivity index (χ3n) is 4.47. The van der Waals surface area contributed by atoms with Crippen LogP contribution in [-0.2, 0) is 16.4 Å². The quantitative estimate of drug-likeness (QED) is 0.451. The molecular formula is C19H17N7O3S2. The largest absolute Gasteiger partial charge is 0.298 e. The second-order valence-corrected chi connectivity index (χ2v) is 9.29. The number of carbonyl (C=O) groups excluding carboxylic acids is 1. The fraction of sp³-hybridized carbons (Fsp3) is 0.105. The van der Waals surface area contributed by atoms with Crippen LogP contribution >= 0.6 is 11.3 Å². The van der Waals surface area contributed by atoms with Crippen LogP contribution in [0.4, 0.5) is 5.13 Å². The molecule has 2 aromatic heterocycles. The highest BCUT2D eigenvalue weighted by atomic mass is 32.2. The van der Waals surface area contributed by atoms with Crippen molar-refractivity contribution >= 4 is 32.4 Å². The molecular weight excluding hydrogens is 438 g/mol. The lowest BCUT2D eigenvalue weighted by Gasteiger charge is -2.03. The first kappa shape index (κ1) is 20.8. The number of hydrogen-bond donors (Lipinski definition) is 2. The molecule has 0 bridgehead atoms. The van der Waals surface area contributed by atoms with E-state index in [0.717, 1.165) is 21.8 Å². The zero-order valence-corrected chi connectivity index (χ0v) is 17.9. The van der Waals surface area contributed by atoms with Gasteiger partial charge in [-0.05, 0) is 59.3 Å². The second kappa shape index (κ2) is 8.34. The first-order valence-electron chi connectivity index (χ1n) is 9.02. The fourth-order valence-electron chi connectivity index (χ4n) is 2.84. The van der Waals surface area contributed by atoms with Gasteiger partial charge in [0.15, 0.2) is 5.13 Å². The maximum absolute atomic E-state index is 12.6. The number of aryl methyl sites for hydroxylation is 1. The summed E-state index contributed by atoms with van der Waals surface area (Å²) in [6, 6.07) is 13.2. The van der Waals surface area contributed by atoms with Gasteiger partial charge in [0.25, 0.3) is 5.91 Å². The Kier molecular flexibility index (Phi) is 5.59. The first-order chi connectivity index (χ1) is 14.8. The van der Waals surface area contributed by atoms with Crippen LogP contribution in [0, 0.1) is 6.92 Å².